The molecule has 34 heavy (non-hydrogen) atoms. The normalized spacial score (nSPS) is 11.0. The van der Waals surface area contributed by atoms with Gasteiger partial charge in [-0.15, -0.1) is 0 Å². The van der Waals surface area contributed by atoms with Crippen LogP contribution in [-0.2, 0) is 13.8 Å². The van der Waals surface area contributed by atoms with E-state index in [1.807, 2.05) is 74.8 Å². The predicted molar refractivity (Wildman–Crippen MR) is 134 cm³/mol. The van der Waals surface area contributed by atoms with Crippen LogP contribution in [-0.4, -0.2) is 30.5 Å². The number of fused-ring (bicyclic) bond motifs is 1. The van der Waals surface area contributed by atoms with Crippen LogP contribution in [0.3, 0.4) is 0 Å². The van der Waals surface area contributed by atoms with Gasteiger partial charge in [-0.2, -0.15) is 10.2 Å². The molecule has 0 bridgehead atoms. The summed E-state index contributed by atoms with van der Waals surface area (Å²) in [6.07, 6.45) is 5.23. The van der Waals surface area contributed by atoms with Crippen LogP contribution in [0.1, 0.15) is 16.1 Å². The number of rotatable bonds is 6. The van der Waals surface area contributed by atoms with E-state index >= 15 is 0 Å². The Labute approximate surface area is 204 Å². The number of aromatic nitrogens is 5. The topological polar surface area (TPSA) is 86.9 Å². The first-order valence-electron chi connectivity index (χ1n) is 10.6. The number of carbonyl (C=O) groups excluding carboxylic acids is 1. The largest absolute Gasteiger partial charge is 0.471 e. The minimum Gasteiger partial charge on any atom is -0.471 e. The lowest BCUT2D eigenvalue weighted by molar-refractivity contribution is 0.102. The van der Waals surface area contributed by atoms with E-state index in [1.165, 1.54) is 0 Å². The van der Waals surface area contributed by atoms with E-state index in [2.05, 4.69) is 31.4 Å². The van der Waals surface area contributed by atoms with Crippen LogP contribution in [0, 0.1) is 6.92 Å². The zero-order chi connectivity index (χ0) is 23.7. The van der Waals surface area contributed by atoms with Crippen molar-refractivity contribution >= 4 is 38.4 Å². The molecule has 0 saturated heterocycles. The lowest BCUT2D eigenvalue weighted by atomic mass is 10.0. The van der Waals surface area contributed by atoms with Gasteiger partial charge in [-0.3, -0.25) is 9.48 Å². The van der Waals surface area contributed by atoms with Crippen LogP contribution in [0.15, 0.2) is 77.7 Å². The van der Waals surface area contributed by atoms with Gasteiger partial charge in [0.15, 0.2) is 6.73 Å². The fourth-order valence-electron chi connectivity index (χ4n) is 3.72. The van der Waals surface area contributed by atoms with E-state index in [0.717, 1.165) is 32.4 Å². The number of nitrogens with one attached hydrogen (secondary N) is 1. The molecule has 1 amide bonds. The average molecular weight is 517 g/mol. The number of benzene rings is 2. The Hall–Kier alpha value is -3.98. The fraction of sp³-hybridized carbons (Fsp3) is 0.120. The second-order valence-electron chi connectivity index (χ2n) is 7.82. The first-order chi connectivity index (χ1) is 16.5. The standard InChI is InChI=1S/C25H21BrN6O2/c1-16-22(14-31(2)30-16)24-11-21(20-5-3-4-6-23(20)29-24)25(33)28-18-12-27-32(13-18)15-34-19-9-7-17(26)8-10-19/h3-14H,15H2,1-2H3,(H,28,33). The van der Waals surface area contributed by atoms with Crippen LogP contribution >= 0.6 is 15.9 Å². The van der Waals surface area contributed by atoms with Crippen molar-refractivity contribution in [3.8, 4) is 17.0 Å². The first kappa shape index (κ1) is 21.8. The van der Waals surface area contributed by atoms with E-state index < -0.39 is 0 Å². The number of nitrogens with zero attached hydrogens (tertiary/aromatic N) is 5. The van der Waals surface area contributed by atoms with Gasteiger partial charge in [-0.1, -0.05) is 34.1 Å². The van der Waals surface area contributed by atoms with Crippen molar-refractivity contribution in [2.45, 2.75) is 13.7 Å². The van der Waals surface area contributed by atoms with Gasteiger partial charge in [0.1, 0.15) is 5.75 Å². The van der Waals surface area contributed by atoms with Crippen molar-refractivity contribution < 1.29 is 9.53 Å². The van der Waals surface area contributed by atoms with Crippen LogP contribution in [0.4, 0.5) is 5.69 Å². The quantitative estimate of drug-likeness (QED) is 0.335. The van der Waals surface area contributed by atoms with E-state index in [0.29, 0.717) is 16.9 Å². The average Bonchev–Trinajstić information content (AvgIpc) is 3.42. The molecule has 0 unspecified atom stereocenters. The summed E-state index contributed by atoms with van der Waals surface area (Å²) in [5.41, 5.74) is 4.29. The molecule has 170 valence electrons. The Balaban J connectivity index is 1.38. The van der Waals surface area contributed by atoms with Gasteiger partial charge < -0.3 is 10.1 Å². The molecular weight excluding hydrogens is 496 g/mol. The van der Waals surface area contributed by atoms with E-state index in [-0.39, 0.29) is 12.6 Å². The summed E-state index contributed by atoms with van der Waals surface area (Å²) in [5.74, 6) is 0.487. The Morgan fingerprint density at radius 3 is 2.68 bits per heavy atom. The maximum atomic E-state index is 13.3. The number of ether oxygens (including phenoxy) is 1. The van der Waals surface area contributed by atoms with Crippen molar-refractivity contribution in [1.29, 1.82) is 0 Å². The number of carbonyl (C=O) groups is 1. The van der Waals surface area contributed by atoms with Gasteiger partial charge in [0, 0.05) is 28.7 Å². The maximum absolute atomic E-state index is 13.3. The summed E-state index contributed by atoms with van der Waals surface area (Å²) in [5, 5.41) is 12.4. The summed E-state index contributed by atoms with van der Waals surface area (Å²) in [6, 6.07) is 17.0. The SMILES string of the molecule is Cc1nn(C)cc1-c1cc(C(=O)Nc2cnn(COc3ccc(Br)cc3)c2)c2ccccc2n1. The van der Waals surface area contributed by atoms with E-state index in [4.69, 9.17) is 9.72 Å². The van der Waals surface area contributed by atoms with Crippen LogP contribution in [0.2, 0.25) is 0 Å². The summed E-state index contributed by atoms with van der Waals surface area (Å²) < 4.78 is 10.1. The van der Waals surface area contributed by atoms with Gasteiger partial charge in [0.05, 0.1) is 40.5 Å². The summed E-state index contributed by atoms with van der Waals surface area (Å²) in [7, 11) is 1.86. The highest BCUT2D eigenvalue weighted by molar-refractivity contribution is 9.10. The van der Waals surface area contributed by atoms with Gasteiger partial charge in [0.2, 0.25) is 0 Å². The van der Waals surface area contributed by atoms with Gasteiger partial charge in [0.25, 0.3) is 5.91 Å². The predicted octanol–water partition coefficient (Wildman–Crippen LogP) is 5.19. The highest BCUT2D eigenvalue weighted by Crippen LogP contribution is 2.27. The molecule has 2 aromatic carbocycles. The number of pyridine rings is 1. The van der Waals surface area contributed by atoms with E-state index in [9.17, 15) is 4.79 Å². The van der Waals surface area contributed by atoms with Gasteiger partial charge in [-0.25, -0.2) is 9.67 Å². The third kappa shape index (κ3) is 4.55. The van der Waals surface area contributed by atoms with Crippen molar-refractivity contribution in [2.75, 3.05) is 5.32 Å². The molecule has 0 atom stereocenters. The van der Waals surface area contributed by atoms with Crippen LogP contribution in [0.5, 0.6) is 5.75 Å². The minimum absolute atomic E-state index is 0.222. The molecule has 0 radical (unpaired) electrons. The first-order valence-corrected chi connectivity index (χ1v) is 11.4. The second kappa shape index (κ2) is 9.11. The Kier molecular flexibility index (Phi) is 5.85. The smallest absolute Gasteiger partial charge is 0.256 e. The molecule has 0 spiro atoms. The Morgan fingerprint density at radius 2 is 1.91 bits per heavy atom. The van der Waals surface area contributed by atoms with Crippen LogP contribution in [0.25, 0.3) is 22.2 Å². The number of hydrogen-bond acceptors (Lipinski definition) is 5. The lowest BCUT2D eigenvalue weighted by Gasteiger charge is -2.09. The monoisotopic (exact) mass is 516 g/mol. The third-order valence-corrected chi connectivity index (χ3v) is 5.85. The molecule has 0 aliphatic rings. The molecule has 1 N–H and O–H groups in total. The fourth-order valence-corrected chi connectivity index (χ4v) is 3.99. The molecule has 0 saturated carbocycles. The number of halogens is 1. The molecular formula is C25H21BrN6O2. The summed E-state index contributed by atoms with van der Waals surface area (Å²) in [6.45, 7) is 2.15. The summed E-state index contributed by atoms with van der Waals surface area (Å²) >= 11 is 3.40. The Bertz CT molecular complexity index is 1490. The van der Waals surface area contributed by atoms with Crippen LogP contribution < -0.4 is 10.1 Å². The number of anilines is 1. The molecule has 5 aromatic rings. The molecule has 5 rings (SSSR count). The highest BCUT2D eigenvalue weighted by atomic mass is 79.9. The van der Waals surface area contributed by atoms with Crippen molar-refractivity contribution in [1.82, 2.24) is 24.5 Å². The van der Waals surface area contributed by atoms with Gasteiger partial charge in [-0.05, 0) is 43.3 Å². The van der Waals surface area contributed by atoms with Crippen molar-refractivity contribution in [3.05, 3.63) is 88.9 Å². The summed E-state index contributed by atoms with van der Waals surface area (Å²) in [4.78, 5) is 18.1. The Morgan fingerprint density at radius 1 is 1.12 bits per heavy atom. The molecule has 0 aliphatic heterocycles. The molecule has 0 aliphatic carbocycles. The zero-order valence-electron chi connectivity index (χ0n) is 18.6. The van der Waals surface area contributed by atoms with Crippen molar-refractivity contribution in [3.63, 3.8) is 0 Å². The number of amides is 1. The van der Waals surface area contributed by atoms with Gasteiger partial charge >= 0.3 is 0 Å². The molecule has 8 nitrogen and oxygen atoms in total. The molecule has 9 heteroatoms. The molecule has 3 aromatic heterocycles. The third-order valence-electron chi connectivity index (χ3n) is 5.32. The minimum atomic E-state index is -0.241. The molecule has 3 heterocycles. The molecule has 0 fully saturated rings. The number of hydrogen-bond donors (Lipinski definition) is 1. The zero-order valence-corrected chi connectivity index (χ0v) is 20.2. The lowest BCUT2D eigenvalue weighted by Crippen LogP contribution is -2.13. The highest BCUT2D eigenvalue weighted by Gasteiger charge is 2.17. The maximum Gasteiger partial charge on any atom is 0.256 e. The van der Waals surface area contributed by atoms with Crippen molar-refractivity contribution in [2.24, 2.45) is 7.05 Å². The van der Waals surface area contributed by atoms with E-state index in [1.54, 1.807) is 21.8 Å². The number of para-hydroxylation sites is 1. The second-order valence-corrected chi connectivity index (χ2v) is 8.74. The number of aryl methyl sites for hydroxylation is 2.